The van der Waals surface area contributed by atoms with Crippen LogP contribution >= 0.6 is 11.3 Å². The number of ether oxygens (including phenoxy) is 1. The summed E-state index contributed by atoms with van der Waals surface area (Å²) in [6.07, 6.45) is 4.86. The van der Waals surface area contributed by atoms with Gasteiger partial charge in [-0.2, -0.15) is 0 Å². The number of thiophene rings is 1. The third kappa shape index (κ3) is 7.61. The number of carboxylic acids is 1. The Morgan fingerprint density at radius 1 is 1.25 bits per heavy atom. The first-order chi connectivity index (χ1) is 13.5. The van der Waals surface area contributed by atoms with Crippen LogP contribution in [0.4, 0.5) is 4.79 Å². The first-order valence-corrected chi connectivity index (χ1v) is 10.5. The topological polar surface area (TPSA) is 116 Å². The fourth-order valence-electron chi connectivity index (χ4n) is 3.44. The van der Waals surface area contributed by atoms with Gasteiger partial charge in [-0.1, -0.05) is 18.2 Å². The summed E-state index contributed by atoms with van der Waals surface area (Å²) in [6, 6.07) is 3.97. The second kappa shape index (κ2) is 11.8. The van der Waals surface area contributed by atoms with Gasteiger partial charge in [-0.25, -0.2) is 4.79 Å². The lowest BCUT2D eigenvalue weighted by Crippen LogP contribution is -2.32. The molecular formula is C20H29NO6S. The van der Waals surface area contributed by atoms with E-state index in [1.165, 1.54) is 4.88 Å². The number of allylic oxidation sites excluding steroid dienone is 2. The van der Waals surface area contributed by atoms with Crippen molar-refractivity contribution in [3.05, 3.63) is 34.5 Å². The van der Waals surface area contributed by atoms with Gasteiger partial charge in [0.25, 0.3) is 0 Å². The maximum absolute atomic E-state index is 11.9. The van der Waals surface area contributed by atoms with E-state index in [1.54, 1.807) is 11.3 Å². The summed E-state index contributed by atoms with van der Waals surface area (Å²) >= 11 is 1.63. The van der Waals surface area contributed by atoms with Gasteiger partial charge in [-0.05, 0) is 49.5 Å². The number of aliphatic hydroxyl groups is 2. The number of carbonyl (C=O) groups is 2. The van der Waals surface area contributed by atoms with Crippen molar-refractivity contribution in [3.63, 3.8) is 0 Å². The van der Waals surface area contributed by atoms with E-state index < -0.39 is 24.3 Å². The van der Waals surface area contributed by atoms with E-state index in [0.29, 0.717) is 25.8 Å². The van der Waals surface area contributed by atoms with Crippen LogP contribution in [0.3, 0.4) is 0 Å². The van der Waals surface area contributed by atoms with Crippen LogP contribution in [-0.2, 0) is 16.0 Å². The Balaban J connectivity index is 1.70. The molecule has 2 rings (SSSR count). The predicted molar refractivity (Wildman–Crippen MR) is 106 cm³/mol. The molecule has 156 valence electrons. The fourth-order valence-corrected chi connectivity index (χ4v) is 4.15. The van der Waals surface area contributed by atoms with Crippen LogP contribution in [-0.4, -0.2) is 52.7 Å². The summed E-state index contributed by atoms with van der Waals surface area (Å²) in [5.74, 6) is -1.32. The largest absolute Gasteiger partial charge is 0.481 e. The van der Waals surface area contributed by atoms with Crippen molar-refractivity contribution < 1.29 is 29.6 Å². The number of unbranched alkanes of at least 4 members (excludes halogenated alkanes) is 1. The molecule has 0 bridgehead atoms. The monoisotopic (exact) mass is 411 g/mol. The lowest BCUT2D eigenvalue weighted by Gasteiger charge is -2.22. The minimum atomic E-state index is -0.811. The van der Waals surface area contributed by atoms with Gasteiger partial charge >= 0.3 is 12.1 Å². The Bertz CT molecular complexity index is 633. The highest BCUT2D eigenvalue weighted by Gasteiger charge is 2.41. The lowest BCUT2D eigenvalue weighted by atomic mass is 9.91. The minimum Gasteiger partial charge on any atom is -0.481 e. The zero-order valence-electron chi connectivity index (χ0n) is 15.8. The smallest absolute Gasteiger partial charge is 0.407 e. The van der Waals surface area contributed by atoms with Crippen molar-refractivity contribution in [1.82, 2.24) is 5.32 Å². The molecule has 8 heteroatoms. The van der Waals surface area contributed by atoms with Gasteiger partial charge in [0.2, 0.25) is 0 Å². The fraction of sp³-hybridized carbons (Fsp3) is 0.600. The summed E-state index contributed by atoms with van der Waals surface area (Å²) in [7, 11) is 0. The second-order valence-corrected chi connectivity index (χ2v) is 8.08. The molecule has 1 aliphatic carbocycles. The van der Waals surface area contributed by atoms with Gasteiger partial charge < -0.3 is 25.4 Å². The number of nitrogens with one attached hydrogen (secondary N) is 1. The van der Waals surface area contributed by atoms with Gasteiger partial charge in [0.15, 0.2) is 0 Å². The molecule has 0 saturated heterocycles. The number of hydrogen-bond acceptors (Lipinski definition) is 6. The number of rotatable bonds is 11. The van der Waals surface area contributed by atoms with Crippen molar-refractivity contribution in [2.75, 3.05) is 13.2 Å². The highest BCUT2D eigenvalue weighted by Crippen LogP contribution is 2.35. The summed E-state index contributed by atoms with van der Waals surface area (Å²) in [5, 5.41) is 33.7. The van der Waals surface area contributed by atoms with Crippen LogP contribution < -0.4 is 5.32 Å². The molecule has 0 spiro atoms. The molecule has 28 heavy (non-hydrogen) atoms. The van der Waals surface area contributed by atoms with Crippen molar-refractivity contribution in [1.29, 1.82) is 0 Å². The maximum atomic E-state index is 11.9. The first-order valence-electron chi connectivity index (χ1n) is 9.63. The van der Waals surface area contributed by atoms with Gasteiger partial charge in [0, 0.05) is 23.8 Å². The predicted octanol–water partition coefficient (Wildman–Crippen LogP) is 2.58. The number of hydrogen-bond donors (Lipinski definition) is 4. The van der Waals surface area contributed by atoms with Crippen LogP contribution in [0.1, 0.15) is 37.0 Å². The first kappa shape index (κ1) is 22.4. The maximum Gasteiger partial charge on any atom is 0.407 e. The molecule has 1 aromatic heterocycles. The van der Waals surface area contributed by atoms with Gasteiger partial charge in [0.1, 0.15) is 0 Å². The molecule has 4 N–H and O–H groups in total. The van der Waals surface area contributed by atoms with Crippen LogP contribution in [0.2, 0.25) is 0 Å². The third-order valence-electron chi connectivity index (χ3n) is 4.99. The van der Waals surface area contributed by atoms with Gasteiger partial charge in [-0.15, -0.1) is 11.3 Å². The molecule has 0 aromatic carbocycles. The molecule has 0 radical (unpaired) electrons. The standard InChI is InChI=1S/C20H29NO6S/c22-17-12-18(23)16(15(17)7-3-1-2-4-8-19(24)25)13-27-20(26)21-10-9-14-6-5-11-28-14/h1,3,5-6,11,15-18,22-23H,2,4,7-10,12-13H2,(H,21,26)(H,24,25)/b3-1+/t15-,16-,17+,18-/m1/s1. The number of alkyl carbamates (subject to hydrolysis) is 1. The van der Waals surface area contributed by atoms with Crippen molar-refractivity contribution in [3.8, 4) is 0 Å². The summed E-state index contributed by atoms with van der Waals surface area (Å²) < 4.78 is 5.26. The second-order valence-electron chi connectivity index (χ2n) is 7.05. The zero-order valence-corrected chi connectivity index (χ0v) is 16.6. The summed E-state index contributed by atoms with van der Waals surface area (Å²) in [4.78, 5) is 23.5. The van der Waals surface area contributed by atoms with E-state index in [2.05, 4.69) is 5.32 Å². The average molecular weight is 412 g/mol. The third-order valence-corrected chi connectivity index (χ3v) is 5.92. The van der Waals surface area contributed by atoms with E-state index >= 15 is 0 Å². The molecule has 1 aromatic rings. The molecule has 0 aliphatic heterocycles. The van der Waals surface area contributed by atoms with Gasteiger partial charge in [-0.3, -0.25) is 4.79 Å². The molecule has 1 aliphatic rings. The summed E-state index contributed by atoms with van der Waals surface area (Å²) in [6.45, 7) is 0.540. The number of aliphatic carboxylic acids is 1. The van der Waals surface area contributed by atoms with Crippen molar-refractivity contribution in [2.24, 2.45) is 11.8 Å². The molecule has 1 amide bonds. The molecule has 1 heterocycles. The van der Waals surface area contributed by atoms with E-state index in [1.807, 2.05) is 29.7 Å². The number of carboxylic acid groups (broad SMARTS) is 1. The molecule has 7 nitrogen and oxygen atoms in total. The molecule has 1 fully saturated rings. The van der Waals surface area contributed by atoms with E-state index in [9.17, 15) is 19.8 Å². The summed E-state index contributed by atoms with van der Waals surface area (Å²) in [5.41, 5.74) is 0. The number of aliphatic hydroxyl groups excluding tert-OH is 2. The highest BCUT2D eigenvalue weighted by atomic mass is 32.1. The number of amides is 1. The molecule has 1 saturated carbocycles. The Kier molecular flexibility index (Phi) is 9.46. The Labute approximate surface area is 169 Å². The minimum absolute atomic E-state index is 0.0561. The zero-order chi connectivity index (χ0) is 20.4. The van der Waals surface area contributed by atoms with Crippen LogP contribution in [0.15, 0.2) is 29.7 Å². The number of carbonyl (C=O) groups excluding carboxylic acids is 1. The lowest BCUT2D eigenvalue weighted by molar-refractivity contribution is -0.137. The van der Waals surface area contributed by atoms with E-state index in [-0.39, 0.29) is 31.3 Å². The highest BCUT2D eigenvalue weighted by molar-refractivity contribution is 7.09. The normalized spacial score (nSPS) is 24.5. The van der Waals surface area contributed by atoms with Crippen molar-refractivity contribution in [2.45, 2.75) is 50.7 Å². The van der Waals surface area contributed by atoms with E-state index in [4.69, 9.17) is 9.84 Å². The SMILES string of the molecule is O=C(O)CCC/C=C/C[C@@H]1[C@@H](COC(=O)NCCc2cccs2)[C@H](O)C[C@@H]1O. The molecule has 0 unspecified atom stereocenters. The van der Waals surface area contributed by atoms with Crippen LogP contribution in [0, 0.1) is 11.8 Å². The van der Waals surface area contributed by atoms with Gasteiger partial charge in [0.05, 0.1) is 18.8 Å². The Morgan fingerprint density at radius 2 is 2.04 bits per heavy atom. The molecule has 4 atom stereocenters. The Hall–Kier alpha value is -1.90. The van der Waals surface area contributed by atoms with Crippen LogP contribution in [0.25, 0.3) is 0 Å². The average Bonchev–Trinajstić information content (AvgIpc) is 3.24. The van der Waals surface area contributed by atoms with Crippen molar-refractivity contribution >= 4 is 23.4 Å². The molecular weight excluding hydrogens is 382 g/mol. The van der Waals surface area contributed by atoms with E-state index in [0.717, 1.165) is 6.42 Å². The Morgan fingerprint density at radius 3 is 2.75 bits per heavy atom. The quantitative estimate of drug-likeness (QED) is 0.329. The van der Waals surface area contributed by atoms with Crippen LogP contribution in [0.5, 0.6) is 0 Å².